The largest absolute Gasteiger partial charge is 0.444 e. The van der Waals surface area contributed by atoms with Crippen LogP contribution in [0.15, 0.2) is 85.3 Å². The van der Waals surface area contributed by atoms with E-state index in [4.69, 9.17) is 4.74 Å². The Hall–Kier alpha value is -6.17. The summed E-state index contributed by atoms with van der Waals surface area (Å²) in [5.41, 5.74) is 4.20. The molecule has 3 aromatic heterocycles. The van der Waals surface area contributed by atoms with E-state index in [2.05, 4.69) is 32.3 Å². The first-order chi connectivity index (χ1) is 23.3. The van der Waals surface area contributed by atoms with E-state index in [0.29, 0.717) is 28.3 Å². The van der Waals surface area contributed by atoms with Gasteiger partial charge in [-0.2, -0.15) is 0 Å². The number of alkyl carbamates (subject to hydrolysis) is 1. The molecule has 12 nitrogen and oxygen atoms in total. The Kier molecular flexibility index (Phi) is 10.3. The van der Waals surface area contributed by atoms with E-state index in [1.807, 2.05) is 54.7 Å². The molecule has 0 aliphatic carbocycles. The van der Waals surface area contributed by atoms with E-state index in [1.165, 1.54) is 0 Å². The number of carbonyl (C=O) groups is 4. The van der Waals surface area contributed by atoms with Gasteiger partial charge in [-0.1, -0.05) is 42.5 Å². The highest BCUT2D eigenvalue weighted by molar-refractivity contribution is 6.07. The number of para-hydroxylation sites is 1. The lowest BCUT2D eigenvalue weighted by Gasteiger charge is -2.19. The Morgan fingerprint density at radius 2 is 1.33 bits per heavy atom. The van der Waals surface area contributed by atoms with E-state index in [0.717, 1.165) is 22.0 Å². The molecular weight excluding hydrogens is 622 g/mol. The SMILES string of the molecule is Cn1cc(NC(=O)c2cc(NC(=O)c3ccc(/C=C/c4cnc5ccccc5c4)cc3)cn2C)cc1C(=O)NCCNC(=O)OC(C)(C)C. The molecule has 252 valence electrons. The lowest BCUT2D eigenvalue weighted by Crippen LogP contribution is -2.38. The minimum Gasteiger partial charge on any atom is -0.444 e. The van der Waals surface area contributed by atoms with Crippen molar-refractivity contribution in [3.63, 3.8) is 0 Å². The van der Waals surface area contributed by atoms with E-state index in [-0.39, 0.29) is 24.9 Å². The normalized spacial score (nSPS) is 11.4. The van der Waals surface area contributed by atoms with Gasteiger partial charge in [-0.25, -0.2) is 4.79 Å². The van der Waals surface area contributed by atoms with Gasteiger partial charge in [-0.05, 0) is 68.3 Å². The standard InChI is InChI=1S/C37H39N7O5/c1-37(2,3)49-36(48)39-17-16-38-34(46)31-19-29(23-43(31)4)42-35(47)32-20-28(22-44(32)5)41-33(45)26-14-12-24(13-15-26)10-11-25-18-27-8-6-7-9-30(27)40-21-25/h6-15,18-23H,16-17H2,1-5H3,(H,38,46)(H,39,48)(H,41,45)(H,42,47)/b11-10+. The minimum atomic E-state index is -0.615. The summed E-state index contributed by atoms with van der Waals surface area (Å²) in [5.74, 6) is -1.10. The fourth-order valence-corrected chi connectivity index (χ4v) is 4.98. The molecule has 0 aliphatic heterocycles. The fraction of sp³-hybridized carbons (Fsp3) is 0.216. The second-order valence-electron chi connectivity index (χ2n) is 12.5. The number of fused-ring (bicyclic) bond motifs is 1. The van der Waals surface area contributed by atoms with Crippen LogP contribution < -0.4 is 21.3 Å². The quantitative estimate of drug-likeness (QED) is 0.138. The Morgan fingerprint density at radius 3 is 2.00 bits per heavy atom. The number of pyridine rings is 1. The zero-order chi connectivity index (χ0) is 35.1. The third-order valence-electron chi connectivity index (χ3n) is 7.32. The molecule has 0 aliphatic rings. The summed E-state index contributed by atoms with van der Waals surface area (Å²) in [7, 11) is 3.39. The number of amides is 4. The van der Waals surface area contributed by atoms with Crippen molar-refractivity contribution in [2.75, 3.05) is 23.7 Å². The number of ether oxygens (including phenoxy) is 1. The van der Waals surface area contributed by atoms with Crippen LogP contribution in [0.2, 0.25) is 0 Å². The smallest absolute Gasteiger partial charge is 0.407 e. The molecule has 0 unspecified atom stereocenters. The molecule has 0 bridgehead atoms. The molecule has 3 heterocycles. The average molecular weight is 662 g/mol. The van der Waals surface area contributed by atoms with Crippen LogP contribution in [0.4, 0.5) is 16.2 Å². The van der Waals surface area contributed by atoms with E-state index in [1.54, 1.807) is 80.7 Å². The molecule has 0 spiro atoms. The van der Waals surface area contributed by atoms with Crippen molar-refractivity contribution in [1.29, 1.82) is 0 Å². The van der Waals surface area contributed by atoms with Crippen LogP contribution in [0, 0.1) is 0 Å². The summed E-state index contributed by atoms with van der Waals surface area (Å²) in [6, 6.07) is 20.3. The van der Waals surface area contributed by atoms with Gasteiger partial charge in [0, 0.05) is 56.7 Å². The summed E-state index contributed by atoms with van der Waals surface area (Å²) in [4.78, 5) is 55.1. The van der Waals surface area contributed by atoms with Gasteiger partial charge < -0.3 is 35.1 Å². The maximum Gasteiger partial charge on any atom is 0.407 e. The maximum absolute atomic E-state index is 13.1. The zero-order valence-electron chi connectivity index (χ0n) is 28.0. The molecule has 2 aromatic carbocycles. The van der Waals surface area contributed by atoms with Crippen molar-refractivity contribution in [1.82, 2.24) is 24.8 Å². The van der Waals surface area contributed by atoms with E-state index in [9.17, 15) is 19.2 Å². The number of aryl methyl sites for hydroxylation is 2. The Morgan fingerprint density at radius 1 is 0.735 bits per heavy atom. The molecule has 4 N–H and O–H groups in total. The zero-order valence-corrected chi connectivity index (χ0v) is 28.0. The molecule has 0 radical (unpaired) electrons. The van der Waals surface area contributed by atoms with Crippen molar-refractivity contribution in [3.8, 4) is 0 Å². The molecule has 0 fully saturated rings. The fourth-order valence-electron chi connectivity index (χ4n) is 4.98. The molecule has 49 heavy (non-hydrogen) atoms. The lowest BCUT2D eigenvalue weighted by molar-refractivity contribution is 0.0526. The van der Waals surface area contributed by atoms with Crippen LogP contribution in [0.25, 0.3) is 23.1 Å². The number of hydrogen-bond acceptors (Lipinski definition) is 6. The highest BCUT2D eigenvalue weighted by atomic mass is 16.6. The molecule has 4 amide bonds. The number of nitrogens with one attached hydrogen (secondary N) is 4. The van der Waals surface area contributed by atoms with Crippen molar-refractivity contribution in [2.45, 2.75) is 26.4 Å². The first-order valence-electron chi connectivity index (χ1n) is 15.7. The molecule has 0 saturated carbocycles. The van der Waals surface area contributed by atoms with Gasteiger partial charge in [0.2, 0.25) is 0 Å². The second-order valence-corrected chi connectivity index (χ2v) is 12.5. The maximum atomic E-state index is 13.1. The Balaban J connectivity index is 1.13. The van der Waals surface area contributed by atoms with Gasteiger partial charge in [0.15, 0.2) is 0 Å². The van der Waals surface area contributed by atoms with Gasteiger partial charge in [0.1, 0.15) is 17.0 Å². The summed E-state index contributed by atoms with van der Waals surface area (Å²) in [6.45, 7) is 5.67. The number of carbonyl (C=O) groups excluding carboxylic acids is 4. The van der Waals surface area contributed by atoms with E-state index >= 15 is 0 Å². The summed E-state index contributed by atoms with van der Waals surface area (Å²) < 4.78 is 8.37. The van der Waals surface area contributed by atoms with Gasteiger partial charge in [-0.15, -0.1) is 0 Å². The minimum absolute atomic E-state index is 0.188. The van der Waals surface area contributed by atoms with Crippen LogP contribution in [-0.4, -0.2) is 56.6 Å². The summed E-state index contributed by atoms with van der Waals surface area (Å²) >= 11 is 0. The van der Waals surface area contributed by atoms with Crippen LogP contribution in [0.1, 0.15) is 63.2 Å². The molecule has 5 aromatic rings. The number of nitrogens with zero attached hydrogens (tertiary/aromatic N) is 3. The number of hydrogen-bond donors (Lipinski definition) is 4. The summed E-state index contributed by atoms with van der Waals surface area (Å²) in [5, 5.41) is 12.0. The van der Waals surface area contributed by atoms with Gasteiger partial charge in [0.25, 0.3) is 17.7 Å². The van der Waals surface area contributed by atoms with Crippen molar-refractivity contribution in [2.24, 2.45) is 14.1 Å². The monoisotopic (exact) mass is 661 g/mol. The van der Waals surface area contributed by atoms with Gasteiger partial charge in [-0.3, -0.25) is 19.4 Å². The predicted molar refractivity (Wildman–Crippen MR) is 190 cm³/mol. The molecular formula is C37H39N7O5. The predicted octanol–water partition coefficient (Wildman–Crippen LogP) is 5.84. The van der Waals surface area contributed by atoms with Crippen LogP contribution in [0.5, 0.6) is 0 Å². The topological polar surface area (TPSA) is 148 Å². The van der Waals surface area contributed by atoms with Crippen LogP contribution in [-0.2, 0) is 18.8 Å². The number of rotatable bonds is 10. The molecule has 0 saturated heterocycles. The second kappa shape index (κ2) is 14.7. The highest BCUT2D eigenvalue weighted by Gasteiger charge is 2.18. The average Bonchev–Trinajstić information content (AvgIpc) is 3.61. The first-order valence-corrected chi connectivity index (χ1v) is 15.7. The van der Waals surface area contributed by atoms with Crippen molar-refractivity contribution >= 4 is 58.2 Å². The first kappa shape index (κ1) is 34.2. The van der Waals surface area contributed by atoms with Crippen LogP contribution in [0.3, 0.4) is 0 Å². The van der Waals surface area contributed by atoms with Crippen molar-refractivity contribution in [3.05, 3.63) is 113 Å². The Bertz CT molecular complexity index is 2030. The molecule has 0 atom stereocenters. The lowest BCUT2D eigenvalue weighted by atomic mass is 10.1. The van der Waals surface area contributed by atoms with E-state index < -0.39 is 17.6 Å². The summed E-state index contributed by atoms with van der Waals surface area (Å²) in [6.07, 6.45) is 8.47. The highest BCUT2D eigenvalue weighted by Crippen LogP contribution is 2.19. The third-order valence-corrected chi connectivity index (χ3v) is 7.32. The Labute approximate surface area is 284 Å². The number of benzene rings is 2. The number of anilines is 2. The van der Waals surface area contributed by atoms with Gasteiger partial charge in [0.05, 0.1) is 16.9 Å². The van der Waals surface area contributed by atoms with Crippen molar-refractivity contribution < 1.29 is 23.9 Å². The molecule has 12 heteroatoms. The third kappa shape index (κ3) is 9.22. The van der Waals surface area contributed by atoms with Crippen LogP contribution >= 0.6 is 0 Å². The van der Waals surface area contributed by atoms with Gasteiger partial charge >= 0.3 is 6.09 Å². The molecule has 5 rings (SSSR count). The number of aromatic nitrogens is 3.